The zero-order valence-electron chi connectivity index (χ0n) is 12.7. The normalized spacial score (nSPS) is 12.9. The molecule has 0 radical (unpaired) electrons. The summed E-state index contributed by atoms with van der Waals surface area (Å²) in [7, 11) is 0. The van der Waals surface area contributed by atoms with E-state index in [0.29, 0.717) is 10.6 Å². The van der Waals surface area contributed by atoms with E-state index in [1.807, 2.05) is 35.0 Å². The van der Waals surface area contributed by atoms with Crippen molar-refractivity contribution in [3.05, 3.63) is 76.4 Å². The molecule has 0 unspecified atom stereocenters. The van der Waals surface area contributed by atoms with Crippen molar-refractivity contribution in [1.29, 1.82) is 0 Å². The molecule has 0 aliphatic carbocycles. The van der Waals surface area contributed by atoms with Gasteiger partial charge in [-0.2, -0.15) is 16.9 Å². The highest BCUT2D eigenvalue weighted by Crippen LogP contribution is 2.36. The van der Waals surface area contributed by atoms with Crippen molar-refractivity contribution in [2.24, 2.45) is 0 Å². The molecule has 2 heterocycles. The van der Waals surface area contributed by atoms with Crippen LogP contribution in [0.5, 0.6) is 0 Å². The quantitative estimate of drug-likeness (QED) is 0.751. The minimum atomic E-state index is -0.186. The van der Waals surface area contributed by atoms with E-state index in [2.05, 4.69) is 10.4 Å². The van der Waals surface area contributed by atoms with Gasteiger partial charge in [0.15, 0.2) is 0 Å². The highest BCUT2D eigenvalue weighted by Gasteiger charge is 2.24. The molecule has 24 heavy (non-hydrogen) atoms. The molecule has 0 saturated carbocycles. The molecular formula is C18H14ClN3OS. The highest BCUT2D eigenvalue weighted by molar-refractivity contribution is 7.98. The van der Waals surface area contributed by atoms with Gasteiger partial charge < -0.3 is 5.32 Å². The Labute approximate surface area is 148 Å². The van der Waals surface area contributed by atoms with Crippen molar-refractivity contribution >= 4 is 35.1 Å². The summed E-state index contributed by atoms with van der Waals surface area (Å²) in [5.41, 5.74) is 3.59. The van der Waals surface area contributed by atoms with Crippen LogP contribution in [0.2, 0.25) is 5.02 Å². The fourth-order valence-corrected chi connectivity index (χ4v) is 3.93. The second-order valence-electron chi connectivity index (χ2n) is 5.48. The molecule has 1 aliphatic heterocycles. The number of halogens is 1. The number of hydrogen-bond acceptors (Lipinski definition) is 3. The lowest BCUT2D eigenvalue weighted by atomic mass is 10.2. The van der Waals surface area contributed by atoms with E-state index in [1.165, 1.54) is 0 Å². The predicted molar refractivity (Wildman–Crippen MR) is 98.0 cm³/mol. The molecule has 1 aromatic heterocycles. The van der Waals surface area contributed by atoms with Crippen LogP contribution < -0.4 is 5.32 Å². The van der Waals surface area contributed by atoms with Gasteiger partial charge in [-0.3, -0.25) is 4.79 Å². The summed E-state index contributed by atoms with van der Waals surface area (Å²) in [6.07, 6.45) is 0. The number of nitrogens with one attached hydrogen (secondary N) is 1. The summed E-state index contributed by atoms with van der Waals surface area (Å²) in [5, 5.41) is 8.24. The number of benzene rings is 2. The molecule has 6 heteroatoms. The van der Waals surface area contributed by atoms with Crippen LogP contribution in [0.1, 0.15) is 21.6 Å². The number of hydrogen-bond donors (Lipinski definition) is 1. The van der Waals surface area contributed by atoms with Crippen LogP contribution in [0.3, 0.4) is 0 Å². The van der Waals surface area contributed by atoms with Gasteiger partial charge in [0.1, 0.15) is 5.82 Å². The minimum absolute atomic E-state index is 0.186. The van der Waals surface area contributed by atoms with E-state index in [1.54, 1.807) is 36.0 Å². The third-order valence-corrected chi connectivity index (χ3v) is 5.08. The predicted octanol–water partition coefficient (Wildman–Crippen LogP) is 4.52. The van der Waals surface area contributed by atoms with Crippen LogP contribution >= 0.6 is 23.4 Å². The summed E-state index contributed by atoms with van der Waals surface area (Å²) in [5.74, 6) is 2.28. The highest BCUT2D eigenvalue weighted by atomic mass is 35.5. The third kappa shape index (κ3) is 2.81. The maximum absolute atomic E-state index is 12.6. The van der Waals surface area contributed by atoms with Crippen molar-refractivity contribution < 1.29 is 4.79 Å². The average molecular weight is 356 g/mol. The largest absolute Gasteiger partial charge is 0.306 e. The first-order chi connectivity index (χ1) is 11.7. The fraction of sp³-hybridized carbons (Fsp3) is 0.111. The Bertz CT molecular complexity index is 908. The first-order valence-electron chi connectivity index (χ1n) is 7.53. The Balaban J connectivity index is 1.73. The Morgan fingerprint density at radius 2 is 1.96 bits per heavy atom. The zero-order valence-corrected chi connectivity index (χ0v) is 14.3. The van der Waals surface area contributed by atoms with Crippen molar-refractivity contribution in [2.75, 3.05) is 5.32 Å². The van der Waals surface area contributed by atoms with Crippen LogP contribution in [0.4, 0.5) is 5.82 Å². The number of rotatable bonds is 3. The summed E-state index contributed by atoms with van der Waals surface area (Å²) >= 11 is 7.80. The van der Waals surface area contributed by atoms with Gasteiger partial charge in [0, 0.05) is 27.7 Å². The van der Waals surface area contributed by atoms with Gasteiger partial charge >= 0.3 is 0 Å². The Morgan fingerprint density at radius 3 is 2.75 bits per heavy atom. The summed E-state index contributed by atoms with van der Waals surface area (Å²) in [6.45, 7) is 0. The molecule has 1 aliphatic rings. The number of nitrogens with zero attached hydrogens (tertiary/aromatic N) is 2. The lowest BCUT2D eigenvalue weighted by Gasteiger charge is -2.11. The Hall–Kier alpha value is -2.24. The van der Waals surface area contributed by atoms with Gasteiger partial charge in [0.05, 0.1) is 11.4 Å². The number of carbonyl (C=O) groups is 1. The summed E-state index contributed by atoms with van der Waals surface area (Å²) < 4.78 is 1.81. The molecule has 1 N–H and O–H groups in total. The first-order valence-corrected chi connectivity index (χ1v) is 9.06. The molecular weight excluding hydrogens is 342 g/mol. The molecule has 1 amide bonds. The van der Waals surface area contributed by atoms with Crippen molar-refractivity contribution in [2.45, 2.75) is 11.5 Å². The van der Waals surface area contributed by atoms with Crippen LogP contribution in [-0.2, 0) is 11.5 Å². The maximum atomic E-state index is 12.6. The second-order valence-corrected chi connectivity index (χ2v) is 6.90. The molecule has 4 nitrogen and oxygen atoms in total. The van der Waals surface area contributed by atoms with Crippen LogP contribution in [-0.4, -0.2) is 15.7 Å². The standard InChI is InChI=1S/C18H14ClN3OS/c19-13-6-4-5-12(9-13)18(23)20-17-15-10-24-11-16(15)21-22(17)14-7-2-1-3-8-14/h1-9H,10-11H2,(H,20,23). The molecule has 0 fully saturated rings. The van der Waals surface area contributed by atoms with E-state index >= 15 is 0 Å². The molecule has 120 valence electrons. The van der Waals surface area contributed by atoms with Crippen LogP contribution in [0, 0.1) is 0 Å². The summed E-state index contributed by atoms with van der Waals surface area (Å²) in [4.78, 5) is 12.6. The SMILES string of the molecule is O=C(Nc1c2c(nn1-c1ccccc1)CSC2)c1cccc(Cl)c1. The molecule has 0 atom stereocenters. The van der Waals surface area contributed by atoms with Gasteiger partial charge in [-0.05, 0) is 30.3 Å². The van der Waals surface area contributed by atoms with Crippen molar-refractivity contribution in [1.82, 2.24) is 9.78 Å². The lowest BCUT2D eigenvalue weighted by Crippen LogP contribution is -2.16. The van der Waals surface area contributed by atoms with E-state index in [4.69, 9.17) is 11.6 Å². The zero-order chi connectivity index (χ0) is 16.5. The topological polar surface area (TPSA) is 46.9 Å². The number of thioether (sulfide) groups is 1. The lowest BCUT2D eigenvalue weighted by molar-refractivity contribution is 0.102. The van der Waals surface area contributed by atoms with E-state index in [9.17, 15) is 4.79 Å². The number of amides is 1. The fourth-order valence-electron chi connectivity index (χ4n) is 2.71. The number of anilines is 1. The van der Waals surface area contributed by atoms with Crippen LogP contribution in [0.15, 0.2) is 54.6 Å². The van der Waals surface area contributed by atoms with Gasteiger partial charge in [0.2, 0.25) is 0 Å². The smallest absolute Gasteiger partial charge is 0.256 e. The Morgan fingerprint density at radius 1 is 1.12 bits per heavy atom. The van der Waals surface area contributed by atoms with Gasteiger partial charge in [-0.25, -0.2) is 4.68 Å². The second kappa shape index (κ2) is 6.34. The van der Waals surface area contributed by atoms with Gasteiger partial charge in [-0.15, -0.1) is 0 Å². The molecule has 0 bridgehead atoms. The summed E-state index contributed by atoms with van der Waals surface area (Å²) in [6, 6.07) is 16.8. The van der Waals surface area contributed by atoms with E-state index in [0.717, 1.165) is 34.3 Å². The van der Waals surface area contributed by atoms with Gasteiger partial charge in [-0.1, -0.05) is 35.9 Å². The third-order valence-electron chi connectivity index (χ3n) is 3.87. The number of para-hydroxylation sites is 1. The van der Waals surface area contributed by atoms with E-state index in [-0.39, 0.29) is 5.91 Å². The number of fused-ring (bicyclic) bond motifs is 1. The first kappa shape index (κ1) is 15.3. The molecule has 2 aromatic carbocycles. The number of aromatic nitrogens is 2. The molecule has 0 spiro atoms. The van der Waals surface area contributed by atoms with Crippen molar-refractivity contribution in [3.8, 4) is 5.69 Å². The minimum Gasteiger partial charge on any atom is -0.306 e. The monoisotopic (exact) mass is 355 g/mol. The van der Waals surface area contributed by atoms with Crippen LogP contribution in [0.25, 0.3) is 5.69 Å². The van der Waals surface area contributed by atoms with E-state index < -0.39 is 0 Å². The molecule has 4 rings (SSSR count). The maximum Gasteiger partial charge on any atom is 0.256 e. The molecule has 3 aromatic rings. The number of carbonyl (C=O) groups excluding carboxylic acids is 1. The molecule has 0 saturated heterocycles. The van der Waals surface area contributed by atoms with Gasteiger partial charge in [0.25, 0.3) is 5.91 Å². The Kier molecular flexibility index (Phi) is 4.04. The van der Waals surface area contributed by atoms with Crippen molar-refractivity contribution in [3.63, 3.8) is 0 Å². The average Bonchev–Trinajstić information content (AvgIpc) is 3.18.